The Morgan fingerprint density at radius 3 is 2.35 bits per heavy atom. The van der Waals surface area contributed by atoms with E-state index in [1.807, 2.05) is 14.0 Å². The standard InChI is InChI=1S/C20H36N4O.HI/c1-5-24(6-2)19(18-13-9-8-10-14-18)17-23-20(21-4)22-15-11-12-16-25-7-3;/h8-10,13-14,19H,5-7,11-12,15-17H2,1-4H3,(H2,21,22,23);1H. The predicted molar refractivity (Wildman–Crippen MR) is 123 cm³/mol. The van der Waals surface area contributed by atoms with Gasteiger partial charge in [-0.2, -0.15) is 0 Å². The number of ether oxygens (including phenoxy) is 1. The van der Waals surface area contributed by atoms with Gasteiger partial charge < -0.3 is 15.4 Å². The van der Waals surface area contributed by atoms with Crippen molar-refractivity contribution in [3.63, 3.8) is 0 Å². The first-order chi connectivity index (χ1) is 12.3. The molecule has 5 nitrogen and oxygen atoms in total. The van der Waals surface area contributed by atoms with Crippen LogP contribution in [-0.2, 0) is 4.74 Å². The van der Waals surface area contributed by atoms with E-state index in [4.69, 9.17) is 4.74 Å². The molecule has 0 spiro atoms. The van der Waals surface area contributed by atoms with E-state index in [1.165, 1.54) is 5.56 Å². The zero-order chi connectivity index (χ0) is 18.3. The van der Waals surface area contributed by atoms with Gasteiger partial charge in [-0.15, -0.1) is 24.0 Å². The van der Waals surface area contributed by atoms with Crippen molar-refractivity contribution in [2.75, 3.05) is 46.4 Å². The molecule has 0 amide bonds. The summed E-state index contributed by atoms with van der Waals surface area (Å²) in [7, 11) is 1.82. The maximum Gasteiger partial charge on any atom is 0.191 e. The van der Waals surface area contributed by atoms with Gasteiger partial charge in [0.2, 0.25) is 0 Å². The topological polar surface area (TPSA) is 48.9 Å². The molecular weight excluding hydrogens is 439 g/mol. The first kappa shape index (κ1) is 25.1. The minimum absolute atomic E-state index is 0. The number of likely N-dealkylation sites (N-methyl/N-ethyl adjacent to an activating group) is 1. The molecule has 0 saturated carbocycles. The Morgan fingerprint density at radius 1 is 1.08 bits per heavy atom. The molecule has 6 heteroatoms. The van der Waals surface area contributed by atoms with Crippen LogP contribution in [0.5, 0.6) is 0 Å². The van der Waals surface area contributed by atoms with Crippen molar-refractivity contribution in [2.45, 2.75) is 39.7 Å². The van der Waals surface area contributed by atoms with Crippen molar-refractivity contribution in [3.05, 3.63) is 35.9 Å². The molecule has 2 N–H and O–H groups in total. The van der Waals surface area contributed by atoms with E-state index in [2.05, 4.69) is 64.7 Å². The molecule has 0 fully saturated rings. The maximum absolute atomic E-state index is 5.37. The maximum atomic E-state index is 5.37. The number of hydrogen-bond donors (Lipinski definition) is 2. The summed E-state index contributed by atoms with van der Waals surface area (Å²) in [6.07, 6.45) is 2.16. The molecule has 1 rings (SSSR count). The quantitative estimate of drug-likeness (QED) is 0.209. The second-order valence-electron chi connectivity index (χ2n) is 5.93. The highest BCUT2D eigenvalue weighted by Crippen LogP contribution is 2.19. The van der Waals surface area contributed by atoms with Crippen molar-refractivity contribution in [1.29, 1.82) is 0 Å². The molecule has 0 aromatic heterocycles. The Labute approximate surface area is 177 Å². The molecule has 1 unspecified atom stereocenters. The monoisotopic (exact) mass is 476 g/mol. The minimum atomic E-state index is 0. The summed E-state index contributed by atoms with van der Waals surface area (Å²) in [5.74, 6) is 0.865. The lowest BCUT2D eigenvalue weighted by Gasteiger charge is -2.30. The zero-order valence-electron chi connectivity index (χ0n) is 16.8. The molecular formula is C20H37IN4O. The number of hydrogen-bond acceptors (Lipinski definition) is 3. The first-order valence-electron chi connectivity index (χ1n) is 9.57. The van der Waals surface area contributed by atoms with E-state index >= 15 is 0 Å². The van der Waals surface area contributed by atoms with Crippen LogP contribution in [0.15, 0.2) is 35.3 Å². The van der Waals surface area contributed by atoms with Gasteiger partial charge in [-0.25, -0.2) is 0 Å². The molecule has 0 heterocycles. The fraction of sp³-hybridized carbons (Fsp3) is 0.650. The van der Waals surface area contributed by atoms with Gasteiger partial charge in [0, 0.05) is 33.4 Å². The van der Waals surface area contributed by atoms with E-state index in [-0.39, 0.29) is 24.0 Å². The van der Waals surface area contributed by atoms with Crippen molar-refractivity contribution >= 4 is 29.9 Å². The Balaban J connectivity index is 0.00000625. The fourth-order valence-corrected chi connectivity index (χ4v) is 2.89. The molecule has 1 atom stereocenters. The SMILES string of the molecule is CCOCCCCNC(=NC)NCC(c1ccccc1)N(CC)CC.I. The molecule has 1 aromatic rings. The number of unbranched alkanes of at least 4 members (excludes halogenated alkanes) is 1. The number of guanidine groups is 1. The molecule has 150 valence electrons. The van der Waals surface area contributed by atoms with Crippen molar-refractivity contribution in [2.24, 2.45) is 4.99 Å². The molecule has 1 aromatic carbocycles. The van der Waals surface area contributed by atoms with Crippen LogP contribution >= 0.6 is 24.0 Å². The Morgan fingerprint density at radius 2 is 1.77 bits per heavy atom. The van der Waals surface area contributed by atoms with Gasteiger partial charge in [-0.1, -0.05) is 44.2 Å². The highest BCUT2D eigenvalue weighted by atomic mass is 127. The number of benzene rings is 1. The second-order valence-corrected chi connectivity index (χ2v) is 5.93. The summed E-state index contributed by atoms with van der Waals surface area (Å²) < 4.78 is 5.37. The smallest absolute Gasteiger partial charge is 0.191 e. The van der Waals surface area contributed by atoms with E-state index in [9.17, 15) is 0 Å². The molecule has 0 radical (unpaired) electrons. The number of nitrogens with zero attached hydrogens (tertiary/aromatic N) is 2. The summed E-state index contributed by atoms with van der Waals surface area (Å²) in [6.45, 7) is 11.9. The lowest BCUT2D eigenvalue weighted by Crippen LogP contribution is -2.43. The average Bonchev–Trinajstić information content (AvgIpc) is 2.66. The Bertz CT molecular complexity index is 466. The van der Waals surface area contributed by atoms with Crippen LogP contribution in [0.1, 0.15) is 45.2 Å². The number of halogens is 1. The lowest BCUT2D eigenvalue weighted by molar-refractivity contribution is 0.143. The zero-order valence-corrected chi connectivity index (χ0v) is 19.2. The first-order valence-corrected chi connectivity index (χ1v) is 9.57. The lowest BCUT2D eigenvalue weighted by atomic mass is 10.1. The Kier molecular flexibility index (Phi) is 15.8. The fourth-order valence-electron chi connectivity index (χ4n) is 2.89. The third-order valence-electron chi connectivity index (χ3n) is 4.34. The van der Waals surface area contributed by atoms with Gasteiger partial charge in [0.25, 0.3) is 0 Å². The molecule has 0 aliphatic carbocycles. The van der Waals surface area contributed by atoms with Crippen LogP contribution in [0.4, 0.5) is 0 Å². The summed E-state index contributed by atoms with van der Waals surface area (Å²) in [5.41, 5.74) is 1.34. The highest BCUT2D eigenvalue weighted by Gasteiger charge is 2.17. The third kappa shape index (κ3) is 9.73. The van der Waals surface area contributed by atoms with E-state index < -0.39 is 0 Å². The highest BCUT2D eigenvalue weighted by molar-refractivity contribution is 14.0. The molecule has 0 aliphatic heterocycles. The van der Waals surface area contributed by atoms with Gasteiger partial charge >= 0.3 is 0 Å². The van der Waals surface area contributed by atoms with Crippen LogP contribution < -0.4 is 10.6 Å². The van der Waals surface area contributed by atoms with Crippen LogP contribution in [0.3, 0.4) is 0 Å². The van der Waals surface area contributed by atoms with Gasteiger partial charge in [-0.05, 0) is 38.4 Å². The number of nitrogens with one attached hydrogen (secondary N) is 2. The van der Waals surface area contributed by atoms with Crippen LogP contribution in [0.2, 0.25) is 0 Å². The van der Waals surface area contributed by atoms with Crippen LogP contribution in [0, 0.1) is 0 Å². The summed E-state index contributed by atoms with van der Waals surface area (Å²) in [4.78, 5) is 6.81. The van der Waals surface area contributed by atoms with Crippen molar-refractivity contribution in [3.8, 4) is 0 Å². The largest absolute Gasteiger partial charge is 0.382 e. The normalized spacial score (nSPS) is 12.6. The van der Waals surface area contributed by atoms with Crippen LogP contribution in [0.25, 0.3) is 0 Å². The van der Waals surface area contributed by atoms with Gasteiger partial charge in [0.05, 0.1) is 6.04 Å². The van der Waals surface area contributed by atoms with E-state index in [0.717, 1.165) is 58.2 Å². The second kappa shape index (κ2) is 16.3. The van der Waals surface area contributed by atoms with Crippen molar-refractivity contribution in [1.82, 2.24) is 15.5 Å². The van der Waals surface area contributed by atoms with Gasteiger partial charge in [-0.3, -0.25) is 9.89 Å². The van der Waals surface area contributed by atoms with Crippen molar-refractivity contribution < 1.29 is 4.74 Å². The van der Waals surface area contributed by atoms with Gasteiger partial charge in [0.15, 0.2) is 5.96 Å². The van der Waals surface area contributed by atoms with Gasteiger partial charge in [0.1, 0.15) is 0 Å². The van der Waals surface area contributed by atoms with E-state index in [1.54, 1.807) is 0 Å². The number of rotatable bonds is 12. The summed E-state index contributed by atoms with van der Waals surface area (Å²) in [5, 5.41) is 6.88. The van der Waals surface area contributed by atoms with Crippen LogP contribution in [-0.4, -0.2) is 57.3 Å². The molecule has 0 saturated heterocycles. The molecule has 0 bridgehead atoms. The Hall–Kier alpha value is -0.860. The summed E-state index contributed by atoms with van der Waals surface area (Å²) >= 11 is 0. The average molecular weight is 476 g/mol. The number of aliphatic imine (C=N–C) groups is 1. The third-order valence-corrected chi connectivity index (χ3v) is 4.34. The molecule has 26 heavy (non-hydrogen) atoms. The molecule has 0 aliphatic rings. The summed E-state index contributed by atoms with van der Waals surface area (Å²) in [6, 6.07) is 11.0. The predicted octanol–water partition coefficient (Wildman–Crippen LogP) is 3.67. The van der Waals surface area contributed by atoms with E-state index in [0.29, 0.717) is 6.04 Å². The minimum Gasteiger partial charge on any atom is -0.382 e.